The van der Waals surface area contributed by atoms with Crippen LogP contribution < -0.4 is 0 Å². The lowest BCUT2D eigenvalue weighted by Crippen LogP contribution is -2.14. The van der Waals surface area contributed by atoms with Gasteiger partial charge in [-0.1, -0.05) is 80.6 Å². The van der Waals surface area contributed by atoms with Crippen molar-refractivity contribution >= 4 is 32.5 Å². The smallest absolute Gasteiger partial charge is 0.140 e. The zero-order valence-electron chi connectivity index (χ0n) is 14.8. The molecule has 0 saturated carbocycles. The summed E-state index contributed by atoms with van der Waals surface area (Å²) in [6.07, 6.45) is 0. The summed E-state index contributed by atoms with van der Waals surface area (Å²) >= 11 is 0. The summed E-state index contributed by atoms with van der Waals surface area (Å²) in [7, 11) is 0. The van der Waals surface area contributed by atoms with Crippen LogP contribution in [0.4, 0.5) is 0 Å². The van der Waals surface area contributed by atoms with Crippen LogP contribution in [0.3, 0.4) is 0 Å². The van der Waals surface area contributed by atoms with Crippen LogP contribution in [0.25, 0.3) is 43.8 Å². The molecule has 1 aliphatic carbocycles. The first kappa shape index (κ1) is 14.1. The van der Waals surface area contributed by atoms with E-state index >= 15 is 0 Å². The normalized spacial score (nSPS) is 14.8. The lowest BCUT2D eigenvalue weighted by atomic mass is 9.80. The van der Waals surface area contributed by atoms with Crippen LogP contribution in [-0.4, -0.2) is 0 Å². The average molecular weight is 334 g/mol. The predicted molar refractivity (Wildman–Crippen MR) is 109 cm³/mol. The van der Waals surface area contributed by atoms with E-state index in [1.807, 2.05) is 0 Å². The lowest BCUT2D eigenvalue weighted by Gasteiger charge is -2.21. The van der Waals surface area contributed by atoms with Gasteiger partial charge in [-0.25, -0.2) is 0 Å². The van der Waals surface area contributed by atoms with Crippen molar-refractivity contribution in [3.63, 3.8) is 0 Å². The number of rotatable bonds is 0. The molecular formula is C25H18O. The molecule has 0 N–H and O–H groups in total. The molecule has 5 aromatic rings. The Labute approximate surface area is 151 Å². The molecule has 6 rings (SSSR count). The molecule has 0 saturated heterocycles. The van der Waals surface area contributed by atoms with E-state index in [9.17, 15) is 0 Å². The predicted octanol–water partition coefficient (Wildman–Crippen LogP) is 7.05. The quantitative estimate of drug-likeness (QED) is 0.296. The molecule has 0 spiro atoms. The fraction of sp³-hybridized carbons (Fsp3) is 0.120. The Bertz CT molecular complexity index is 1350. The van der Waals surface area contributed by atoms with Crippen molar-refractivity contribution in [2.24, 2.45) is 0 Å². The highest BCUT2D eigenvalue weighted by molar-refractivity contribution is 6.13. The number of fused-ring (bicyclic) bond motifs is 9. The fourth-order valence-corrected chi connectivity index (χ4v) is 4.81. The molecule has 4 aromatic carbocycles. The Balaban J connectivity index is 1.86. The van der Waals surface area contributed by atoms with Crippen LogP contribution >= 0.6 is 0 Å². The van der Waals surface area contributed by atoms with Crippen molar-refractivity contribution in [2.45, 2.75) is 19.3 Å². The number of hydrogen-bond acceptors (Lipinski definition) is 1. The monoisotopic (exact) mass is 334 g/mol. The van der Waals surface area contributed by atoms with Gasteiger partial charge in [-0.15, -0.1) is 0 Å². The first-order valence-corrected chi connectivity index (χ1v) is 9.13. The van der Waals surface area contributed by atoms with Crippen LogP contribution in [-0.2, 0) is 5.41 Å². The third-order valence-electron chi connectivity index (χ3n) is 6.03. The number of hydrogen-bond donors (Lipinski definition) is 0. The number of benzene rings is 4. The number of furan rings is 1. The first-order valence-electron chi connectivity index (χ1n) is 9.13. The maximum atomic E-state index is 6.49. The Kier molecular flexibility index (Phi) is 2.48. The Hall–Kier alpha value is -3.06. The molecule has 0 atom stereocenters. The SMILES string of the molecule is CC1(C)c2ccc3ccccc3c2-c2oc3ccc4ccccc4c3c21. The molecule has 26 heavy (non-hydrogen) atoms. The third-order valence-corrected chi connectivity index (χ3v) is 6.03. The van der Waals surface area contributed by atoms with E-state index in [0.29, 0.717) is 0 Å². The highest BCUT2D eigenvalue weighted by atomic mass is 16.3. The van der Waals surface area contributed by atoms with Gasteiger partial charge in [0, 0.05) is 21.9 Å². The molecular weight excluding hydrogens is 316 g/mol. The minimum Gasteiger partial charge on any atom is -0.456 e. The van der Waals surface area contributed by atoms with Crippen molar-refractivity contribution in [1.29, 1.82) is 0 Å². The summed E-state index contributed by atoms with van der Waals surface area (Å²) in [6, 6.07) is 26.0. The van der Waals surface area contributed by atoms with E-state index in [1.165, 1.54) is 43.6 Å². The van der Waals surface area contributed by atoms with E-state index in [2.05, 4.69) is 86.6 Å². The van der Waals surface area contributed by atoms with Gasteiger partial charge in [-0.2, -0.15) is 0 Å². The van der Waals surface area contributed by atoms with Gasteiger partial charge < -0.3 is 4.42 Å². The molecule has 1 heterocycles. The molecule has 1 heteroatoms. The van der Waals surface area contributed by atoms with Crippen LogP contribution in [0.15, 0.2) is 77.2 Å². The van der Waals surface area contributed by atoms with Crippen LogP contribution in [0.2, 0.25) is 0 Å². The largest absolute Gasteiger partial charge is 0.456 e. The van der Waals surface area contributed by atoms with Crippen LogP contribution in [0, 0.1) is 0 Å². The second-order valence-corrected chi connectivity index (χ2v) is 7.80. The topological polar surface area (TPSA) is 13.1 Å². The highest BCUT2D eigenvalue weighted by Crippen LogP contribution is 2.55. The minimum absolute atomic E-state index is 0.0793. The summed E-state index contributed by atoms with van der Waals surface area (Å²) in [5.41, 5.74) is 4.86. The maximum absolute atomic E-state index is 6.49. The minimum atomic E-state index is -0.0793. The van der Waals surface area contributed by atoms with E-state index < -0.39 is 0 Å². The molecule has 124 valence electrons. The molecule has 0 fully saturated rings. The van der Waals surface area contributed by atoms with Gasteiger partial charge in [0.05, 0.1) is 0 Å². The zero-order chi connectivity index (χ0) is 17.5. The van der Waals surface area contributed by atoms with Gasteiger partial charge in [-0.3, -0.25) is 0 Å². The lowest BCUT2D eigenvalue weighted by molar-refractivity contribution is 0.619. The van der Waals surface area contributed by atoms with E-state index in [4.69, 9.17) is 4.42 Å². The van der Waals surface area contributed by atoms with Crippen molar-refractivity contribution in [3.05, 3.63) is 83.9 Å². The third kappa shape index (κ3) is 1.56. The molecule has 0 amide bonds. The average Bonchev–Trinajstić information content (AvgIpc) is 3.16. The standard InChI is InChI=1S/C25H18O/c1-25(2)19-13-11-15-7-3-5-9-17(15)21(19)24-23(25)22-18-10-6-4-8-16(18)12-14-20(22)26-24/h3-14H,1-2H3. The van der Waals surface area contributed by atoms with Crippen molar-refractivity contribution in [2.75, 3.05) is 0 Å². The van der Waals surface area contributed by atoms with Gasteiger partial charge in [-0.05, 0) is 33.2 Å². The summed E-state index contributed by atoms with van der Waals surface area (Å²) in [6.45, 7) is 4.65. The first-order chi connectivity index (χ1) is 12.7. The molecule has 1 aromatic heterocycles. The van der Waals surface area contributed by atoms with Gasteiger partial charge >= 0.3 is 0 Å². The van der Waals surface area contributed by atoms with Crippen molar-refractivity contribution < 1.29 is 4.42 Å². The molecule has 0 bridgehead atoms. The van der Waals surface area contributed by atoms with Crippen molar-refractivity contribution in [3.8, 4) is 11.3 Å². The summed E-state index contributed by atoms with van der Waals surface area (Å²) < 4.78 is 6.49. The van der Waals surface area contributed by atoms with Crippen LogP contribution in [0.5, 0.6) is 0 Å². The van der Waals surface area contributed by atoms with E-state index in [1.54, 1.807) is 0 Å². The van der Waals surface area contributed by atoms with Gasteiger partial charge in [0.25, 0.3) is 0 Å². The Morgan fingerprint density at radius 2 is 1.35 bits per heavy atom. The summed E-state index contributed by atoms with van der Waals surface area (Å²) in [5.74, 6) is 1.05. The van der Waals surface area contributed by atoms with Gasteiger partial charge in [0.2, 0.25) is 0 Å². The zero-order valence-corrected chi connectivity index (χ0v) is 14.8. The molecule has 1 nitrogen and oxygen atoms in total. The second-order valence-electron chi connectivity index (χ2n) is 7.80. The maximum Gasteiger partial charge on any atom is 0.140 e. The molecule has 0 radical (unpaired) electrons. The second kappa shape index (κ2) is 4.56. The Morgan fingerprint density at radius 1 is 0.692 bits per heavy atom. The molecule has 1 aliphatic rings. The fourth-order valence-electron chi connectivity index (χ4n) is 4.81. The molecule has 0 unspecified atom stereocenters. The van der Waals surface area contributed by atoms with E-state index in [0.717, 1.165) is 11.3 Å². The highest BCUT2D eigenvalue weighted by Gasteiger charge is 2.41. The summed E-state index contributed by atoms with van der Waals surface area (Å²) in [5, 5.41) is 6.35. The summed E-state index contributed by atoms with van der Waals surface area (Å²) in [4.78, 5) is 0. The van der Waals surface area contributed by atoms with Gasteiger partial charge in [0.1, 0.15) is 11.3 Å². The van der Waals surface area contributed by atoms with Crippen LogP contribution in [0.1, 0.15) is 25.0 Å². The molecule has 0 aliphatic heterocycles. The Morgan fingerprint density at radius 3 is 2.15 bits per heavy atom. The van der Waals surface area contributed by atoms with E-state index in [-0.39, 0.29) is 5.41 Å². The van der Waals surface area contributed by atoms with Gasteiger partial charge in [0.15, 0.2) is 0 Å². The van der Waals surface area contributed by atoms with Crippen molar-refractivity contribution in [1.82, 2.24) is 0 Å².